The standard InChI is InChI=1S/C15H22FN3S.HI/c1-3-10-18-15(17-4-2)19-11-5-12-20-14-8-6-13(16)7-9-14;/h3,6-9H,1,4-5,10-12H2,2H3,(H2,17,18,19);1H. The number of guanidine groups is 1. The van der Waals surface area contributed by atoms with Crippen molar-refractivity contribution in [3.8, 4) is 0 Å². The van der Waals surface area contributed by atoms with E-state index >= 15 is 0 Å². The Morgan fingerprint density at radius 1 is 1.33 bits per heavy atom. The summed E-state index contributed by atoms with van der Waals surface area (Å²) in [4.78, 5) is 5.56. The summed E-state index contributed by atoms with van der Waals surface area (Å²) in [6.07, 6.45) is 2.78. The highest BCUT2D eigenvalue weighted by molar-refractivity contribution is 14.0. The summed E-state index contributed by atoms with van der Waals surface area (Å²) >= 11 is 1.72. The van der Waals surface area contributed by atoms with E-state index in [1.54, 1.807) is 30.0 Å². The third-order valence-corrected chi connectivity index (χ3v) is 3.51. The lowest BCUT2D eigenvalue weighted by Crippen LogP contribution is -2.37. The van der Waals surface area contributed by atoms with E-state index in [1.165, 1.54) is 12.1 Å². The molecule has 0 radical (unpaired) electrons. The van der Waals surface area contributed by atoms with Gasteiger partial charge in [0, 0.05) is 24.5 Å². The Morgan fingerprint density at radius 2 is 2.05 bits per heavy atom. The predicted molar refractivity (Wildman–Crippen MR) is 101 cm³/mol. The Bertz CT molecular complexity index is 423. The van der Waals surface area contributed by atoms with E-state index in [-0.39, 0.29) is 29.8 Å². The fraction of sp³-hybridized carbons (Fsp3) is 0.400. The second-order valence-electron chi connectivity index (χ2n) is 4.09. The maximum absolute atomic E-state index is 12.7. The molecule has 1 rings (SSSR count). The molecule has 6 heteroatoms. The lowest BCUT2D eigenvalue weighted by Gasteiger charge is -2.09. The van der Waals surface area contributed by atoms with Crippen LogP contribution in [0.15, 0.2) is 46.8 Å². The zero-order chi connectivity index (χ0) is 14.6. The molecule has 0 amide bonds. The molecule has 0 saturated heterocycles. The van der Waals surface area contributed by atoms with Crippen molar-refractivity contribution in [1.29, 1.82) is 0 Å². The Hall–Kier alpha value is -0.760. The predicted octanol–water partition coefficient (Wildman–Crippen LogP) is 3.67. The molecular weight excluding hydrogens is 400 g/mol. The van der Waals surface area contributed by atoms with Crippen molar-refractivity contribution in [2.45, 2.75) is 18.2 Å². The van der Waals surface area contributed by atoms with Crippen LogP contribution in [0.25, 0.3) is 0 Å². The Balaban J connectivity index is 0.00000400. The van der Waals surface area contributed by atoms with Gasteiger partial charge in [-0.05, 0) is 43.4 Å². The van der Waals surface area contributed by atoms with Crippen LogP contribution in [0, 0.1) is 5.82 Å². The summed E-state index contributed by atoms with van der Waals surface area (Å²) in [5, 5.41) is 6.33. The Morgan fingerprint density at radius 3 is 2.67 bits per heavy atom. The monoisotopic (exact) mass is 423 g/mol. The van der Waals surface area contributed by atoms with Gasteiger partial charge in [-0.15, -0.1) is 42.3 Å². The Labute approximate surface area is 147 Å². The first-order valence-electron chi connectivity index (χ1n) is 6.77. The van der Waals surface area contributed by atoms with Gasteiger partial charge in [-0.3, -0.25) is 4.99 Å². The van der Waals surface area contributed by atoms with Gasteiger partial charge in [-0.1, -0.05) is 6.08 Å². The van der Waals surface area contributed by atoms with Gasteiger partial charge >= 0.3 is 0 Å². The minimum absolute atomic E-state index is 0. The van der Waals surface area contributed by atoms with Crippen LogP contribution in [0.4, 0.5) is 4.39 Å². The first-order valence-corrected chi connectivity index (χ1v) is 7.76. The minimum atomic E-state index is -0.192. The Kier molecular flexibility index (Phi) is 12.5. The maximum atomic E-state index is 12.7. The van der Waals surface area contributed by atoms with Crippen LogP contribution in [0.2, 0.25) is 0 Å². The van der Waals surface area contributed by atoms with E-state index in [2.05, 4.69) is 22.2 Å². The first kappa shape index (κ1) is 20.2. The SMILES string of the molecule is C=CCNC(=NCCCSc1ccc(F)cc1)NCC.I. The van der Waals surface area contributed by atoms with Gasteiger partial charge in [-0.2, -0.15) is 0 Å². The van der Waals surface area contributed by atoms with Crippen molar-refractivity contribution >= 4 is 41.7 Å². The van der Waals surface area contributed by atoms with E-state index in [0.29, 0.717) is 6.54 Å². The third-order valence-electron chi connectivity index (χ3n) is 2.41. The van der Waals surface area contributed by atoms with Crippen LogP contribution in [0.3, 0.4) is 0 Å². The van der Waals surface area contributed by atoms with Crippen molar-refractivity contribution in [3.63, 3.8) is 0 Å². The van der Waals surface area contributed by atoms with Gasteiger partial charge in [0.25, 0.3) is 0 Å². The molecule has 0 heterocycles. The molecule has 2 N–H and O–H groups in total. The fourth-order valence-electron chi connectivity index (χ4n) is 1.49. The highest BCUT2D eigenvalue weighted by Gasteiger charge is 1.96. The maximum Gasteiger partial charge on any atom is 0.191 e. The van der Waals surface area contributed by atoms with E-state index < -0.39 is 0 Å². The normalized spacial score (nSPS) is 10.7. The van der Waals surface area contributed by atoms with Crippen LogP contribution in [-0.2, 0) is 0 Å². The molecule has 1 aromatic rings. The fourth-order valence-corrected chi connectivity index (χ4v) is 2.32. The number of hydrogen-bond donors (Lipinski definition) is 2. The molecule has 1 aromatic carbocycles. The second kappa shape index (κ2) is 12.9. The van der Waals surface area contributed by atoms with Gasteiger partial charge in [-0.25, -0.2) is 4.39 Å². The van der Waals surface area contributed by atoms with Gasteiger partial charge in [0.05, 0.1) is 0 Å². The smallest absolute Gasteiger partial charge is 0.191 e. The van der Waals surface area contributed by atoms with E-state index in [0.717, 1.165) is 36.1 Å². The zero-order valence-electron chi connectivity index (χ0n) is 12.3. The lowest BCUT2D eigenvalue weighted by atomic mass is 10.4. The summed E-state index contributed by atoms with van der Waals surface area (Å²) in [7, 11) is 0. The molecule has 0 aromatic heterocycles. The first-order chi connectivity index (χ1) is 9.76. The molecule has 0 unspecified atom stereocenters. The summed E-state index contributed by atoms with van der Waals surface area (Å²) < 4.78 is 12.7. The van der Waals surface area contributed by atoms with Crippen molar-refractivity contribution in [2.75, 3.05) is 25.4 Å². The van der Waals surface area contributed by atoms with Gasteiger partial charge in [0.2, 0.25) is 0 Å². The molecule has 0 aliphatic heterocycles. The third kappa shape index (κ3) is 9.73. The molecule has 3 nitrogen and oxygen atoms in total. The lowest BCUT2D eigenvalue weighted by molar-refractivity contribution is 0.626. The highest BCUT2D eigenvalue weighted by atomic mass is 127. The van der Waals surface area contributed by atoms with Crippen LogP contribution >= 0.6 is 35.7 Å². The number of aliphatic imine (C=N–C) groups is 1. The van der Waals surface area contributed by atoms with E-state index in [9.17, 15) is 4.39 Å². The number of rotatable bonds is 8. The van der Waals surface area contributed by atoms with Crippen LogP contribution < -0.4 is 10.6 Å². The largest absolute Gasteiger partial charge is 0.357 e. The van der Waals surface area contributed by atoms with Crippen molar-refractivity contribution in [3.05, 3.63) is 42.7 Å². The number of hydrogen-bond acceptors (Lipinski definition) is 2. The number of nitrogens with zero attached hydrogens (tertiary/aromatic N) is 1. The molecule has 0 atom stereocenters. The number of halogens is 2. The molecule has 0 aliphatic carbocycles. The van der Waals surface area contributed by atoms with Gasteiger partial charge in [0.15, 0.2) is 5.96 Å². The molecule has 0 saturated carbocycles. The van der Waals surface area contributed by atoms with E-state index in [1.807, 2.05) is 6.92 Å². The molecule has 21 heavy (non-hydrogen) atoms. The van der Waals surface area contributed by atoms with Crippen LogP contribution in [-0.4, -0.2) is 31.3 Å². The number of nitrogens with one attached hydrogen (secondary N) is 2. The molecule has 118 valence electrons. The topological polar surface area (TPSA) is 36.4 Å². The summed E-state index contributed by atoms with van der Waals surface area (Å²) in [5.74, 6) is 1.59. The summed E-state index contributed by atoms with van der Waals surface area (Å²) in [5.41, 5.74) is 0. The summed E-state index contributed by atoms with van der Waals surface area (Å²) in [6, 6.07) is 6.59. The van der Waals surface area contributed by atoms with Crippen molar-refractivity contribution < 1.29 is 4.39 Å². The number of benzene rings is 1. The molecule has 0 fully saturated rings. The van der Waals surface area contributed by atoms with Crippen LogP contribution in [0.1, 0.15) is 13.3 Å². The second-order valence-corrected chi connectivity index (χ2v) is 5.25. The van der Waals surface area contributed by atoms with Gasteiger partial charge in [0.1, 0.15) is 5.82 Å². The van der Waals surface area contributed by atoms with Crippen molar-refractivity contribution in [2.24, 2.45) is 4.99 Å². The quantitative estimate of drug-likeness (QED) is 0.167. The zero-order valence-corrected chi connectivity index (χ0v) is 15.4. The number of thioether (sulfide) groups is 1. The van der Waals surface area contributed by atoms with Crippen LogP contribution in [0.5, 0.6) is 0 Å². The summed E-state index contributed by atoms with van der Waals surface area (Å²) in [6.45, 7) is 8.01. The van der Waals surface area contributed by atoms with E-state index in [4.69, 9.17) is 0 Å². The molecular formula is C15H23FIN3S. The van der Waals surface area contributed by atoms with Gasteiger partial charge < -0.3 is 10.6 Å². The molecule has 0 spiro atoms. The minimum Gasteiger partial charge on any atom is -0.357 e. The average Bonchev–Trinajstić information content (AvgIpc) is 2.46. The average molecular weight is 423 g/mol. The molecule has 0 aliphatic rings. The van der Waals surface area contributed by atoms with Crippen molar-refractivity contribution in [1.82, 2.24) is 10.6 Å². The highest BCUT2D eigenvalue weighted by Crippen LogP contribution is 2.18. The molecule has 0 bridgehead atoms.